The minimum atomic E-state index is -0.585. The number of fused-ring (bicyclic) bond motifs is 6. The van der Waals surface area contributed by atoms with Gasteiger partial charge in [0.2, 0.25) is 0 Å². The van der Waals surface area contributed by atoms with Crippen molar-refractivity contribution >= 4 is 38.9 Å². The summed E-state index contributed by atoms with van der Waals surface area (Å²) in [7, 11) is 0. The highest BCUT2D eigenvalue weighted by atomic mass is 15.1. The van der Waals surface area contributed by atoms with Crippen LogP contribution in [-0.2, 0) is 5.41 Å². The summed E-state index contributed by atoms with van der Waals surface area (Å²) in [4.78, 5) is 1.80. The number of para-hydroxylation sites is 2. The molecule has 2 heteroatoms. The number of hydrogen-bond donors (Lipinski definition) is 0. The molecule has 0 saturated carbocycles. The fourth-order valence-electron chi connectivity index (χ4n) is 9.21. The van der Waals surface area contributed by atoms with Crippen molar-refractivity contribution in [2.45, 2.75) is 5.41 Å². The van der Waals surface area contributed by atoms with Gasteiger partial charge in [0.1, 0.15) is 0 Å². The van der Waals surface area contributed by atoms with Crippen molar-refractivity contribution in [2.75, 3.05) is 4.90 Å². The Hall–Kier alpha value is -7.42. The van der Waals surface area contributed by atoms with Crippen molar-refractivity contribution in [1.82, 2.24) is 4.57 Å². The molecule has 11 rings (SSSR count). The van der Waals surface area contributed by atoms with Crippen molar-refractivity contribution in [3.8, 4) is 27.9 Å². The van der Waals surface area contributed by atoms with Crippen LogP contribution in [-0.4, -0.2) is 4.57 Å². The second-order valence-corrected chi connectivity index (χ2v) is 14.5. The van der Waals surface area contributed by atoms with Crippen LogP contribution in [0.5, 0.6) is 0 Å². The maximum atomic E-state index is 9.18. The summed E-state index contributed by atoms with van der Waals surface area (Å²) in [6.07, 6.45) is 0. The van der Waals surface area contributed by atoms with E-state index in [1.807, 2.05) is 48.5 Å². The molecule has 0 amide bonds. The van der Waals surface area contributed by atoms with Crippen LogP contribution in [0.15, 0.2) is 230 Å². The lowest BCUT2D eigenvalue weighted by molar-refractivity contribution is 0.768. The Labute approximate surface area is 340 Å². The second kappa shape index (κ2) is 13.4. The van der Waals surface area contributed by atoms with Crippen molar-refractivity contribution < 1.29 is 6.85 Å². The fraction of sp³-hybridized carbons (Fsp3) is 0.0182. The second-order valence-electron chi connectivity index (χ2n) is 14.5. The van der Waals surface area contributed by atoms with E-state index in [4.69, 9.17) is 4.11 Å². The van der Waals surface area contributed by atoms with Gasteiger partial charge in [0, 0.05) is 33.4 Å². The minimum Gasteiger partial charge on any atom is -0.310 e. The van der Waals surface area contributed by atoms with Crippen LogP contribution in [0.3, 0.4) is 0 Å². The highest BCUT2D eigenvalue weighted by Crippen LogP contribution is 2.58. The van der Waals surface area contributed by atoms with E-state index >= 15 is 0 Å². The number of aromatic nitrogens is 1. The smallest absolute Gasteiger partial charge is 0.0714 e. The summed E-state index contributed by atoms with van der Waals surface area (Å²) in [6, 6.07) is 67.9. The molecule has 9 aromatic carbocycles. The lowest BCUT2D eigenvalue weighted by Gasteiger charge is -2.34. The summed E-state index contributed by atoms with van der Waals surface area (Å²) < 4.78 is 46.5. The molecule has 0 aliphatic heterocycles. The molecular formula is C55H38N2. The summed E-state index contributed by atoms with van der Waals surface area (Å²) in [5.41, 5.74) is 12.9. The first-order chi connectivity index (χ1) is 30.4. The van der Waals surface area contributed by atoms with E-state index in [0.29, 0.717) is 11.4 Å². The molecule has 268 valence electrons. The average Bonchev–Trinajstić information content (AvgIpc) is 3.83. The lowest BCUT2D eigenvalue weighted by atomic mass is 9.68. The van der Waals surface area contributed by atoms with E-state index in [-0.39, 0.29) is 29.9 Å². The topological polar surface area (TPSA) is 8.17 Å². The van der Waals surface area contributed by atoms with Gasteiger partial charge < -0.3 is 9.47 Å². The maximum absolute atomic E-state index is 9.18. The summed E-state index contributed by atoms with van der Waals surface area (Å²) in [5, 5.41) is 2.11. The number of benzene rings is 9. The molecule has 1 heterocycles. The highest BCUT2D eigenvalue weighted by Gasteiger charge is 2.47. The standard InChI is InChI=1S/C55H38N2/c1-5-18-39(19-6-1)40-32-34-44(35-33-40)56(43-24-11-4-12-25-43)45-36-37-47-46-26-14-16-30-51(46)57(53(47)38-45)52-31-17-29-50-54(52)48-27-13-15-28-49(48)55(50,41-20-7-2-8-21-41)42-22-9-3-10-23-42/h1-38H/i4D,11D,12D,24D,25D. The maximum Gasteiger partial charge on any atom is 0.0714 e. The van der Waals surface area contributed by atoms with Crippen LogP contribution < -0.4 is 4.90 Å². The molecule has 1 aliphatic rings. The summed E-state index contributed by atoms with van der Waals surface area (Å²) in [5.74, 6) is 0. The van der Waals surface area contributed by atoms with Crippen molar-refractivity contribution in [2.24, 2.45) is 0 Å². The molecule has 0 unspecified atom stereocenters. The van der Waals surface area contributed by atoms with E-state index in [1.165, 1.54) is 22.3 Å². The number of anilines is 3. The van der Waals surface area contributed by atoms with Gasteiger partial charge in [-0.1, -0.05) is 182 Å². The van der Waals surface area contributed by atoms with Gasteiger partial charge in [-0.15, -0.1) is 0 Å². The Morgan fingerprint density at radius 2 is 1.00 bits per heavy atom. The summed E-state index contributed by atoms with van der Waals surface area (Å²) in [6.45, 7) is 0. The SMILES string of the molecule is [2H]c1c([2H])c([2H])c(N(c2ccc(-c3ccccc3)cc2)c2ccc3c4ccccc4n(-c4cccc5c4-c4ccccc4C5(c4ccccc4)c4ccccc4)c3c2)c([2H])c1[2H]. The van der Waals surface area contributed by atoms with Crippen LogP contribution in [0.2, 0.25) is 0 Å². The Morgan fingerprint density at radius 3 is 1.74 bits per heavy atom. The Bertz CT molecular complexity index is 3280. The van der Waals surface area contributed by atoms with Crippen LogP contribution in [0.25, 0.3) is 49.7 Å². The predicted octanol–water partition coefficient (Wildman–Crippen LogP) is 14.3. The van der Waals surface area contributed by atoms with Gasteiger partial charge in [0.05, 0.1) is 29.0 Å². The molecule has 0 atom stereocenters. The molecule has 1 aliphatic carbocycles. The number of nitrogens with zero attached hydrogens (tertiary/aromatic N) is 2. The van der Waals surface area contributed by atoms with Crippen LogP contribution in [0, 0.1) is 0 Å². The first-order valence-electron chi connectivity index (χ1n) is 21.8. The minimum absolute atomic E-state index is 0.0792. The van der Waals surface area contributed by atoms with Gasteiger partial charge in [-0.25, -0.2) is 0 Å². The van der Waals surface area contributed by atoms with Crippen molar-refractivity contribution in [3.63, 3.8) is 0 Å². The van der Waals surface area contributed by atoms with E-state index in [9.17, 15) is 2.74 Å². The third kappa shape index (κ3) is 5.11. The van der Waals surface area contributed by atoms with E-state index in [2.05, 4.69) is 156 Å². The monoisotopic (exact) mass is 731 g/mol. The van der Waals surface area contributed by atoms with Gasteiger partial charge in [-0.05, 0) is 87.4 Å². The lowest BCUT2D eigenvalue weighted by Crippen LogP contribution is -2.28. The van der Waals surface area contributed by atoms with Gasteiger partial charge in [-0.3, -0.25) is 0 Å². The van der Waals surface area contributed by atoms with Crippen molar-refractivity contribution in [3.05, 3.63) is 253 Å². The normalized spacial score (nSPS) is 13.9. The molecule has 0 spiro atoms. The zero-order valence-electron chi connectivity index (χ0n) is 35.9. The molecule has 2 nitrogen and oxygen atoms in total. The van der Waals surface area contributed by atoms with E-state index in [0.717, 1.165) is 49.7 Å². The molecule has 1 aromatic heterocycles. The van der Waals surface area contributed by atoms with E-state index in [1.54, 1.807) is 4.90 Å². The molecule has 0 N–H and O–H groups in total. The van der Waals surface area contributed by atoms with Gasteiger partial charge in [0.15, 0.2) is 0 Å². The predicted molar refractivity (Wildman–Crippen MR) is 238 cm³/mol. The molecule has 0 radical (unpaired) electrons. The largest absolute Gasteiger partial charge is 0.310 e. The third-order valence-electron chi connectivity index (χ3n) is 11.6. The Morgan fingerprint density at radius 1 is 0.421 bits per heavy atom. The zero-order valence-corrected chi connectivity index (χ0v) is 30.9. The average molecular weight is 732 g/mol. The van der Waals surface area contributed by atoms with Crippen molar-refractivity contribution in [1.29, 1.82) is 0 Å². The van der Waals surface area contributed by atoms with Crippen LogP contribution in [0.4, 0.5) is 17.1 Å². The Balaban J connectivity index is 1.20. The third-order valence-corrected chi connectivity index (χ3v) is 11.6. The molecular weight excluding hydrogens is 689 g/mol. The van der Waals surface area contributed by atoms with Gasteiger partial charge in [-0.2, -0.15) is 0 Å². The fourth-order valence-corrected chi connectivity index (χ4v) is 9.21. The zero-order chi connectivity index (χ0) is 42.1. The first-order valence-corrected chi connectivity index (χ1v) is 19.3. The number of hydrogen-bond acceptors (Lipinski definition) is 1. The highest BCUT2D eigenvalue weighted by molar-refractivity contribution is 6.11. The molecule has 0 fully saturated rings. The number of rotatable bonds is 7. The molecule has 10 aromatic rings. The first kappa shape index (κ1) is 28.1. The van der Waals surface area contributed by atoms with Crippen LogP contribution >= 0.6 is 0 Å². The molecule has 0 saturated heterocycles. The molecule has 57 heavy (non-hydrogen) atoms. The van der Waals surface area contributed by atoms with Gasteiger partial charge >= 0.3 is 0 Å². The van der Waals surface area contributed by atoms with E-state index < -0.39 is 11.5 Å². The Kier molecular flexibility index (Phi) is 6.60. The quantitative estimate of drug-likeness (QED) is 0.158. The summed E-state index contributed by atoms with van der Waals surface area (Å²) >= 11 is 0. The van der Waals surface area contributed by atoms with Crippen LogP contribution in [0.1, 0.15) is 29.1 Å². The van der Waals surface area contributed by atoms with Gasteiger partial charge in [0.25, 0.3) is 0 Å². The molecule has 0 bridgehead atoms.